The molecule has 1 aliphatic heterocycles. The van der Waals surface area contributed by atoms with E-state index in [9.17, 15) is 9.90 Å². The third-order valence-corrected chi connectivity index (χ3v) is 5.07. The summed E-state index contributed by atoms with van der Waals surface area (Å²) in [5.74, 6) is 1.17. The molecule has 26 heavy (non-hydrogen) atoms. The molecule has 2 aromatic carbocycles. The number of aliphatic hydroxyl groups is 1. The zero-order valence-electron chi connectivity index (χ0n) is 15.3. The lowest BCUT2D eigenvalue weighted by molar-refractivity contribution is -0.0245. The number of carbonyl (C=O) groups is 1. The van der Waals surface area contributed by atoms with Crippen LogP contribution in [-0.2, 0) is 5.60 Å². The molecule has 3 rings (SSSR count). The van der Waals surface area contributed by atoms with E-state index in [1.807, 2.05) is 30.3 Å². The SMILES string of the molecule is COc1ccc(OC)c(C(=O)CN2CCC(O)(c3ccccc3)CC2)c1. The van der Waals surface area contributed by atoms with Crippen molar-refractivity contribution in [3.05, 3.63) is 59.7 Å². The molecule has 0 bridgehead atoms. The molecular formula is C21H25NO4. The summed E-state index contributed by atoms with van der Waals surface area (Å²) in [7, 11) is 3.13. The fourth-order valence-corrected chi connectivity index (χ4v) is 3.44. The Morgan fingerprint density at radius 1 is 1.08 bits per heavy atom. The van der Waals surface area contributed by atoms with E-state index in [1.165, 1.54) is 0 Å². The quantitative estimate of drug-likeness (QED) is 0.808. The van der Waals surface area contributed by atoms with Crippen molar-refractivity contribution in [2.75, 3.05) is 33.9 Å². The number of carbonyl (C=O) groups excluding carboxylic acids is 1. The van der Waals surface area contributed by atoms with Crippen LogP contribution in [-0.4, -0.2) is 49.6 Å². The fourth-order valence-electron chi connectivity index (χ4n) is 3.44. The largest absolute Gasteiger partial charge is 0.497 e. The maximum atomic E-state index is 12.8. The summed E-state index contributed by atoms with van der Waals surface area (Å²) in [6, 6.07) is 15.0. The molecule has 0 aromatic heterocycles. The van der Waals surface area contributed by atoms with Gasteiger partial charge < -0.3 is 14.6 Å². The van der Waals surface area contributed by atoms with Crippen LogP contribution in [0.25, 0.3) is 0 Å². The van der Waals surface area contributed by atoms with E-state index < -0.39 is 5.60 Å². The molecule has 0 unspecified atom stereocenters. The molecule has 0 saturated carbocycles. The number of nitrogens with zero attached hydrogens (tertiary/aromatic N) is 1. The van der Waals surface area contributed by atoms with Crippen molar-refractivity contribution in [3.63, 3.8) is 0 Å². The zero-order valence-corrected chi connectivity index (χ0v) is 15.3. The first-order valence-corrected chi connectivity index (χ1v) is 8.81. The third-order valence-electron chi connectivity index (χ3n) is 5.07. The second-order valence-electron chi connectivity index (χ2n) is 6.66. The fraction of sp³-hybridized carbons (Fsp3) is 0.381. The molecule has 0 radical (unpaired) electrons. The van der Waals surface area contributed by atoms with E-state index in [-0.39, 0.29) is 5.78 Å². The summed E-state index contributed by atoms with van der Waals surface area (Å²) < 4.78 is 10.5. The number of likely N-dealkylation sites (tertiary alicyclic amines) is 1. The second kappa shape index (κ2) is 7.89. The van der Waals surface area contributed by atoms with Crippen LogP contribution in [0.3, 0.4) is 0 Å². The Labute approximate surface area is 154 Å². The number of methoxy groups -OCH3 is 2. The summed E-state index contributed by atoms with van der Waals surface area (Å²) in [4.78, 5) is 14.8. The van der Waals surface area contributed by atoms with Gasteiger partial charge in [-0.1, -0.05) is 30.3 Å². The normalized spacial score (nSPS) is 16.9. The molecule has 5 nitrogen and oxygen atoms in total. The van der Waals surface area contributed by atoms with Gasteiger partial charge in [-0.05, 0) is 36.6 Å². The van der Waals surface area contributed by atoms with Gasteiger partial charge in [-0.15, -0.1) is 0 Å². The van der Waals surface area contributed by atoms with Crippen LogP contribution >= 0.6 is 0 Å². The van der Waals surface area contributed by atoms with Crippen LogP contribution < -0.4 is 9.47 Å². The van der Waals surface area contributed by atoms with E-state index in [0.717, 1.165) is 5.56 Å². The molecule has 0 spiro atoms. The third kappa shape index (κ3) is 3.89. The van der Waals surface area contributed by atoms with Crippen molar-refractivity contribution in [2.24, 2.45) is 0 Å². The first-order valence-electron chi connectivity index (χ1n) is 8.81. The van der Waals surface area contributed by atoms with E-state index in [0.29, 0.717) is 49.5 Å². The Morgan fingerprint density at radius 2 is 1.77 bits per heavy atom. The van der Waals surface area contributed by atoms with Gasteiger partial charge in [0.25, 0.3) is 0 Å². The maximum Gasteiger partial charge on any atom is 0.180 e. The molecular weight excluding hydrogens is 330 g/mol. The van der Waals surface area contributed by atoms with E-state index in [2.05, 4.69) is 4.90 Å². The van der Waals surface area contributed by atoms with Gasteiger partial charge in [-0.25, -0.2) is 0 Å². The van der Waals surface area contributed by atoms with Gasteiger partial charge in [-0.2, -0.15) is 0 Å². The lowest BCUT2D eigenvalue weighted by Crippen LogP contribution is -2.44. The Kier molecular flexibility index (Phi) is 5.59. The van der Waals surface area contributed by atoms with Gasteiger partial charge in [0, 0.05) is 13.1 Å². The van der Waals surface area contributed by atoms with Crippen LogP contribution in [0.5, 0.6) is 11.5 Å². The van der Waals surface area contributed by atoms with Crippen molar-refractivity contribution in [2.45, 2.75) is 18.4 Å². The number of benzene rings is 2. The minimum absolute atomic E-state index is 0.00843. The first kappa shape index (κ1) is 18.4. The highest BCUT2D eigenvalue weighted by Crippen LogP contribution is 2.33. The summed E-state index contributed by atoms with van der Waals surface area (Å²) in [5.41, 5.74) is 0.658. The number of hydrogen-bond acceptors (Lipinski definition) is 5. The van der Waals surface area contributed by atoms with Crippen LogP contribution in [0.4, 0.5) is 0 Å². The molecule has 1 fully saturated rings. The number of Topliss-reactive ketones (excluding diaryl/α,β-unsaturated/α-hetero) is 1. The Balaban J connectivity index is 1.65. The van der Waals surface area contributed by atoms with Crippen molar-refractivity contribution >= 4 is 5.78 Å². The molecule has 1 aliphatic rings. The van der Waals surface area contributed by atoms with Crippen molar-refractivity contribution in [1.29, 1.82) is 0 Å². The van der Waals surface area contributed by atoms with Crippen LogP contribution in [0.2, 0.25) is 0 Å². The van der Waals surface area contributed by atoms with E-state index in [4.69, 9.17) is 9.47 Å². The van der Waals surface area contributed by atoms with Crippen molar-refractivity contribution in [3.8, 4) is 11.5 Å². The molecule has 2 aromatic rings. The van der Waals surface area contributed by atoms with Crippen LogP contribution in [0.15, 0.2) is 48.5 Å². The second-order valence-corrected chi connectivity index (χ2v) is 6.66. The smallest absolute Gasteiger partial charge is 0.180 e. The topological polar surface area (TPSA) is 59.0 Å². The standard InChI is InChI=1S/C21H25NO4/c1-25-17-8-9-20(26-2)18(14-17)19(23)15-22-12-10-21(24,11-13-22)16-6-4-3-5-7-16/h3-9,14,24H,10-13,15H2,1-2H3. The van der Waals surface area contributed by atoms with Crippen molar-refractivity contribution in [1.82, 2.24) is 4.90 Å². The zero-order chi connectivity index (χ0) is 18.6. The summed E-state index contributed by atoms with van der Waals surface area (Å²) >= 11 is 0. The monoisotopic (exact) mass is 355 g/mol. The number of piperidine rings is 1. The molecule has 5 heteroatoms. The molecule has 0 amide bonds. The minimum Gasteiger partial charge on any atom is -0.497 e. The predicted octanol–water partition coefficient (Wildman–Crippen LogP) is 2.87. The summed E-state index contributed by atoms with van der Waals surface area (Å²) in [6.45, 7) is 1.64. The van der Waals surface area contributed by atoms with Gasteiger partial charge in [0.2, 0.25) is 0 Å². The summed E-state index contributed by atoms with van der Waals surface area (Å²) in [6.07, 6.45) is 1.22. The van der Waals surface area contributed by atoms with Gasteiger partial charge in [0.15, 0.2) is 5.78 Å². The molecule has 0 aliphatic carbocycles. The van der Waals surface area contributed by atoms with Crippen molar-refractivity contribution < 1.29 is 19.4 Å². The maximum absolute atomic E-state index is 12.8. The van der Waals surface area contributed by atoms with Gasteiger partial charge in [0.05, 0.1) is 31.9 Å². The highest BCUT2D eigenvalue weighted by Gasteiger charge is 2.34. The van der Waals surface area contributed by atoms with E-state index in [1.54, 1.807) is 32.4 Å². The average molecular weight is 355 g/mol. The van der Waals surface area contributed by atoms with Crippen LogP contribution in [0.1, 0.15) is 28.8 Å². The van der Waals surface area contributed by atoms with Gasteiger partial charge in [-0.3, -0.25) is 9.69 Å². The summed E-state index contributed by atoms with van der Waals surface area (Å²) in [5, 5.41) is 10.9. The molecule has 1 N–H and O–H groups in total. The first-order chi connectivity index (χ1) is 12.6. The number of hydrogen-bond donors (Lipinski definition) is 1. The molecule has 0 atom stereocenters. The molecule has 1 saturated heterocycles. The Hall–Kier alpha value is -2.37. The Morgan fingerprint density at radius 3 is 2.38 bits per heavy atom. The predicted molar refractivity (Wildman–Crippen MR) is 99.9 cm³/mol. The van der Waals surface area contributed by atoms with E-state index >= 15 is 0 Å². The highest BCUT2D eigenvalue weighted by molar-refractivity contribution is 6.00. The molecule has 1 heterocycles. The number of rotatable bonds is 6. The molecule has 138 valence electrons. The van der Waals surface area contributed by atoms with Gasteiger partial charge >= 0.3 is 0 Å². The van der Waals surface area contributed by atoms with Crippen LogP contribution in [0, 0.1) is 0 Å². The lowest BCUT2D eigenvalue weighted by Gasteiger charge is -2.38. The lowest BCUT2D eigenvalue weighted by atomic mass is 9.84. The number of ether oxygens (including phenoxy) is 2. The Bertz CT molecular complexity index is 752. The van der Waals surface area contributed by atoms with Gasteiger partial charge in [0.1, 0.15) is 11.5 Å². The highest BCUT2D eigenvalue weighted by atomic mass is 16.5. The average Bonchev–Trinajstić information content (AvgIpc) is 2.70. The number of ketones is 1. The minimum atomic E-state index is -0.811.